The molecule has 2 aromatic rings. The van der Waals surface area contributed by atoms with E-state index < -0.39 is 0 Å². The van der Waals surface area contributed by atoms with E-state index in [0.717, 1.165) is 25.8 Å². The Morgan fingerprint density at radius 1 is 1.35 bits per heavy atom. The second kappa shape index (κ2) is 5.24. The summed E-state index contributed by atoms with van der Waals surface area (Å²) in [6.45, 7) is 2.63. The number of halogens is 1. The van der Waals surface area contributed by atoms with Crippen molar-refractivity contribution in [1.82, 2.24) is 20.1 Å². The third-order valence-corrected chi connectivity index (χ3v) is 3.53. The lowest BCUT2D eigenvalue weighted by atomic mass is 10.0. The van der Waals surface area contributed by atoms with Crippen molar-refractivity contribution in [3.05, 3.63) is 22.9 Å². The van der Waals surface area contributed by atoms with E-state index in [2.05, 4.69) is 25.0 Å². The number of rotatable bonds is 2. The number of aryl methyl sites for hydroxylation is 1. The zero-order valence-corrected chi connectivity index (χ0v) is 11.8. The van der Waals surface area contributed by atoms with Crippen LogP contribution in [-0.2, 0) is 0 Å². The molecule has 1 aliphatic rings. The molecule has 8 heteroatoms. The summed E-state index contributed by atoms with van der Waals surface area (Å²) >= 11 is 5.96. The van der Waals surface area contributed by atoms with Crippen molar-refractivity contribution in [3.8, 4) is 0 Å². The molecule has 1 saturated heterocycles. The predicted octanol–water partition coefficient (Wildman–Crippen LogP) is 2.14. The van der Waals surface area contributed by atoms with Crippen LogP contribution >= 0.6 is 11.6 Å². The van der Waals surface area contributed by atoms with Crippen LogP contribution in [-0.4, -0.2) is 26.7 Å². The van der Waals surface area contributed by atoms with Gasteiger partial charge in [0.2, 0.25) is 11.8 Å². The topological polar surface area (TPSA) is 94.0 Å². The number of aromatic nitrogens is 4. The number of anilines is 2. The minimum atomic E-state index is 0.0339. The van der Waals surface area contributed by atoms with E-state index in [0.29, 0.717) is 22.7 Å². The summed E-state index contributed by atoms with van der Waals surface area (Å²) in [6.07, 6.45) is 3.14. The molecule has 1 aliphatic heterocycles. The van der Waals surface area contributed by atoms with E-state index in [1.54, 1.807) is 13.0 Å². The highest BCUT2D eigenvalue weighted by Gasteiger charge is 2.29. The minimum Gasteiger partial charge on any atom is -0.368 e. The van der Waals surface area contributed by atoms with Gasteiger partial charge in [-0.15, -0.1) is 0 Å². The lowest BCUT2D eigenvalue weighted by Crippen LogP contribution is -2.34. The first kappa shape index (κ1) is 13.1. The van der Waals surface area contributed by atoms with E-state index in [1.807, 2.05) is 0 Å². The summed E-state index contributed by atoms with van der Waals surface area (Å²) < 4.78 is 5.08. The maximum atomic E-state index is 5.96. The van der Waals surface area contributed by atoms with E-state index in [4.69, 9.17) is 21.9 Å². The molecule has 1 unspecified atom stereocenters. The first-order valence-electron chi connectivity index (χ1n) is 6.50. The van der Waals surface area contributed by atoms with Crippen molar-refractivity contribution in [1.29, 1.82) is 0 Å². The van der Waals surface area contributed by atoms with Gasteiger partial charge in [0.05, 0.1) is 6.04 Å². The fourth-order valence-corrected chi connectivity index (χ4v) is 2.68. The highest BCUT2D eigenvalue weighted by molar-refractivity contribution is 6.29. The van der Waals surface area contributed by atoms with Crippen molar-refractivity contribution in [2.75, 3.05) is 17.2 Å². The molecule has 0 aromatic carbocycles. The number of nitrogen functional groups attached to an aromatic ring is 1. The second-order valence-corrected chi connectivity index (χ2v) is 5.17. The van der Waals surface area contributed by atoms with Gasteiger partial charge in [0.1, 0.15) is 11.0 Å². The molecule has 0 bridgehead atoms. The molecule has 1 atom stereocenters. The molecule has 0 aliphatic carbocycles. The molecule has 20 heavy (non-hydrogen) atoms. The van der Waals surface area contributed by atoms with Crippen LogP contribution in [0.2, 0.25) is 5.15 Å². The third-order valence-electron chi connectivity index (χ3n) is 3.34. The molecule has 1 fully saturated rings. The average molecular weight is 295 g/mol. The fraction of sp³-hybridized carbons (Fsp3) is 0.500. The molecule has 3 rings (SSSR count). The Morgan fingerprint density at radius 3 is 2.90 bits per heavy atom. The maximum absolute atomic E-state index is 5.96. The first-order valence-corrected chi connectivity index (χ1v) is 6.88. The van der Waals surface area contributed by atoms with Crippen LogP contribution in [0.5, 0.6) is 0 Å². The monoisotopic (exact) mass is 294 g/mol. The zero-order chi connectivity index (χ0) is 14.1. The quantitative estimate of drug-likeness (QED) is 0.848. The highest BCUT2D eigenvalue weighted by Crippen LogP contribution is 2.33. The Balaban J connectivity index is 1.96. The van der Waals surface area contributed by atoms with Gasteiger partial charge in [0.25, 0.3) is 0 Å². The smallest absolute Gasteiger partial charge is 0.223 e. The first-order chi connectivity index (χ1) is 9.63. The number of piperidine rings is 1. The molecule has 2 aromatic heterocycles. The van der Waals surface area contributed by atoms with Crippen LogP contribution in [0.25, 0.3) is 0 Å². The molecular weight excluding hydrogens is 280 g/mol. The molecule has 3 heterocycles. The Morgan fingerprint density at radius 2 is 2.20 bits per heavy atom. The Labute approximate surface area is 121 Å². The second-order valence-electron chi connectivity index (χ2n) is 4.78. The number of nitrogens with two attached hydrogens (primary N) is 1. The van der Waals surface area contributed by atoms with E-state index in [9.17, 15) is 0 Å². The van der Waals surface area contributed by atoms with Gasteiger partial charge in [-0.25, -0.2) is 4.98 Å². The Hall–Kier alpha value is -1.89. The molecule has 0 amide bonds. The largest absolute Gasteiger partial charge is 0.368 e. The van der Waals surface area contributed by atoms with Gasteiger partial charge in [-0.2, -0.15) is 9.97 Å². The maximum Gasteiger partial charge on any atom is 0.223 e. The van der Waals surface area contributed by atoms with Gasteiger partial charge in [-0.1, -0.05) is 16.8 Å². The van der Waals surface area contributed by atoms with Crippen molar-refractivity contribution in [3.63, 3.8) is 0 Å². The summed E-state index contributed by atoms with van der Waals surface area (Å²) in [5.74, 6) is 2.11. The molecule has 0 spiro atoms. The van der Waals surface area contributed by atoms with Crippen LogP contribution in [0.4, 0.5) is 11.8 Å². The standard InChI is InChI=1S/C12H15ClN6O/c1-7-15-11(18-20-7)8-4-2-3-5-19(8)10-6-9(13)16-12(14)17-10/h6,8H,2-5H2,1H3,(H2,14,16,17). The summed E-state index contributed by atoms with van der Waals surface area (Å²) in [5, 5.41) is 4.36. The number of hydrogen-bond acceptors (Lipinski definition) is 7. The third kappa shape index (κ3) is 2.53. The highest BCUT2D eigenvalue weighted by atomic mass is 35.5. The van der Waals surface area contributed by atoms with Crippen LogP contribution in [0, 0.1) is 6.92 Å². The molecule has 106 valence electrons. The van der Waals surface area contributed by atoms with Gasteiger partial charge in [0, 0.05) is 19.5 Å². The summed E-state index contributed by atoms with van der Waals surface area (Å²) in [7, 11) is 0. The van der Waals surface area contributed by atoms with E-state index in [-0.39, 0.29) is 12.0 Å². The van der Waals surface area contributed by atoms with Gasteiger partial charge in [-0.05, 0) is 19.3 Å². The molecule has 2 N–H and O–H groups in total. The zero-order valence-electron chi connectivity index (χ0n) is 11.1. The summed E-state index contributed by atoms with van der Waals surface area (Å²) in [5.41, 5.74) is 5.67. The molecular formula is C12H15ClN6O. The van der Waals surface area contributed by atoms with Crippen LogP contribution in [0.15, 0.2) is 10.6 Å². The van der Waals surface area contributed by atoms with E-state index in [1.165, 1.54) is 0 Å². The SMILES string of the molecule is Cc1nc(C2CCCCN2c2cc(Cl)nc(N)n2)no1. The summed E-state index contributed by atoms with van der Waals surface area (Å²) in [4.78, 5) is 14.6. The van der Waals surface area contributed by atoms with Crippen LogP contribution < -0.4 is 10.6 Å². The van der Waals surface area contributed by atoms with Gasteiger partial charge < -0.3 is 15.2 Å². The molecule has 0 radical (unpaired) electrons. The molecule has 7 nitrogen and oxygen atoms in total. The lowest BCUT2D eigenvalue weighted by molar-refractivity contribution is 0.372. The van der Waals surface area contributed by atoms with Crippen molar-refractivity contribution in [2.24, 2.45) is 0 Å². The van der Waals surface area contributed by atoms with E-state index >= 15 is 0 Å². The minimum absolute atomic E-state index is 0.0339. The average Bonchev–Trinajstić information content (AvgIpc) is 2.84. The van der Waals surface area contributed by atoms with Gasteiger partial charge >= 0.3 is 0 Å². The van der Waals surface area contributed by atoms with Crippen LogP contribution in [0.3, 0.4) is 0 Å². The normalized spacial score (nSPS) is 19.3. The Kier molecular flexibility index (Phi) is 3.43. The Bertz CT molecular complexity index is 595. The fourth-order valence-electron chi connectivity index (χ4n) is 2.49. The van der Waals surface area contributed by atoms with Crippen molar-refractivity contribution >= 4 is 23.4 Å². The van der Waals surface area contributed by atoms with Crippen molar-refractivity contribution in [2.45, 2.75) is 32.2 Å². The van der Waals surface area contributed by atoms with Gasteiger partial charge in [0.15, 0.2) is 5.82 Å². The number of nitrogens with zero attached hydrogens (tertiary/aromatic N) is 5. The van der Waals surface area contributed by atoms with Crippen LogP contribution in [0.1, 0.15) is 37.0 Å². The number of hydrogen-bond donors (Lipinski definition) is 1. The van der Waals surface area contributed by atoms with Gasteiger partial charge in [-0.3, -0.25) is 0 Å². The van der Waals surface area contributed by atoms with Crippen molar-refractivity contribution < 1.29 is 4.52 Å². The summed E-state index contributed by atoms with van der Waals surface area (Å²) in [6, 6.07) is 1.75. The lowest BCUT2D eigenvalue weighted by Gasteiger charge is -2.34. The predicted molar refractivity (Wildman–Crippen MR) is 74.4 cm³/mol. The molecule has 0 saturated carbocycles.